The Morgan fingerprint density at radius 1 is 1.40 bits per heavy atom. The second-order valence-corrected chi connectivity index (χ2v) is 4.73. The lowest BCUT2D eigenvalue weighted by Crippen LogP contribution is -2.17. The van der Waals surface area contributed by atoms with Crippen molar-refractivity contribution in [1.29, 1.82) is 0 Å². The second-order valence-electron chi connectivity index (χ2n) is 3.85. The van der Waals surface area contributed by atoms with Crippen LogP contribution in [0.5, 0.6) is 0 Å². The Bertz CT molecular complexity index is 636. The van der Waals surface area contributed by atoms with Crippen molar-refractivity contribution in [1.82, 2.24) is 4.98 Å². The minimum absolute atomic E-state index is 0.123. The fraction of sp³-hybridized carbons (Fsp3) is 0.0769. The first-order valence-electron chi connectivity index (χ1n) is 5.72. The molecule has 1 heterocycles. The first-order chi connectivity index (χ1) is 9.65. The van der Waals surface area contributed by atoms with Crippen LogP contribution in [0.3, 0.4) is 0 Å². The third-order valence-electron chi connectivity index (χ3n) is 2.60. The zero-order chi connectivity index (χ0) is 14.5. The lowest BCUT2D eigenvalue weighted by atomic mass is 10.2. The van der Waals surface area contributed by atoms with Crippen LogP contribution >= 0.6 is 11.8 Å². The van der Waals surface area contributed by atoms with E-state index in [1.807, 2.05) is 24.5 Å². The minimum Gasteiger partial charge on any atom is -0.322 e. The van der Waals surface area contributed by atoms with E-state index in [-0.39, 0.29) is 11.4 Å². The molecular weight excluding hydrogens is 279 g/mol. The van der Waals surface area contributed by atoms with Gasteiger partial charge in [0, 0.05) is 16.8 Å². The number of nitrogens with one attached hydrogen (secondary N) is 2. The van der Waals surface area contributed by atoms with E-state index < -0.39 is 11.7 Å². The maximum atomic E-state index is 13.9. The molecule has 20 heavy (non-hydrogen) atoms. The molecule has 7 heteroatoms. The van der Waals surface area contributed by atoms with Gasteiger partial charge in [-0.25, -0.2) is 15.2 Å². The number of carbonyl (C=O) groups is 1. The Morgan fingerprint density at radius 2 is 2.20 bits per heavy atom. The highest BCUT2D eigenvalue weighted by atomic mass is 32.2. The van der Waals surface area contributed by atoms with Gasteiger partial charge in [-0.1, -0.05) is 6.07 Å². The number of rotatable bonds is 4. The van der Waals surface area contributed by atoms with Gasteiger partial charge in [0.15, 0.2) is 11.6 Å². The highest BCUT2D eigenvalue weighted by Crippen LogP contribution is 2.20. The molecule has 2 aromatic rings. The summed E-state index contributed by atoms with van der Waals surface area (Å²) in [5.41, 5.74) is 2.58. The SMILES string of the molecule is CSc1cccc(NC(=O)c2ccnc(NN)c2F)c1. The van der Waals surface area contributed by atoms with Crippen molar-refractivity contribution in [2.75, 3.05) is 17.0 Å². The maximum absolute atomic E-state index is 13.9. The zero-order valence-corrected chi connectivity index (χ0v) is 11.5. The van der Waals surface area contributed by atoms with Gasteiger partial charge in [-0.15, -0.1) is 11.8 Å². The second kappa shape index (κ2) is 6.36. The van der Waals surface area contributed by atoms with E-state index in [1.165, 1.54) is 12.3 Å². The molecule has 0 radical (unpaired) electrons. The fourth-order valence-corrected chi connectivity index (χ4v) is 2.08. The maximum Gasteiger partial charge on any atom is 0.258 e. The average Bonchev–Trinajstić information content (AvgIpc) is 2.47. The van der Waals surface area contributed by atoms with Crippen molar-refractivity contribution < 1.29 is 9.18 Å². The van der Waals surface area contributed by atoms with Crippen LogP contribution in [0, 0.1) is 5.82 Å². The summed E-state index contributed by atoms with van der Waals surface area (Å²) in [4.78, 5) is 16.7. The van der Waals surface area contributed by atoms with Gasteiger partial charge in [0.05, 0.1) is 5.56 Å². The molecule has 1 aromatic heterocycles. The van der Waals surface area contributed by atoms with Crippen molar-refractivity contribution in [3.8, 4) is 0 Å². The van der Waals surface area contributed by atoms with Crippen molar-refractivity contribution in [2.24, 2.45) is 5.84 Å². The molecule has 1 amide bonds. The summed E-state index contributed by atoms with van der Waals surface area (Å²) < 4.78 is 13.9. The first-order valence-corrected chi connectivity index (χ1v) is 6.94. The van der Waals surface area contributed by atoms with E-state index in [9.17, 15) is 9.18 Å². The normalized spacial score (nSPS) is 10.2. The van der Waals surface area contributed by atoms with Crippen LogP contribution in [-0.4, -0.2) is 17.1 Å². The number of pyridine rings is 1. The molecule has 104 valence electrons. The summed E-state index contributed by atoms with van der Waals surface area (Å²) in [7, 11) is 0. The van der Waals surface area contributed by atoms with Gasteiger partial charge >= 0.3 is 0 Å². The third kappa shape index (κ3) is 3.06. The predicted molar refractivity (Wildman–Crippen MR) is 78.2 cm³/mol. The third-order valence-corrected chi connectivity index (χ3v) is 3.32. The number of benzene rings is 1. The van der Waals surface area contributed by atoms with Crippen molar-refractivity contribution in [3.63, 3.8) is 0 Å². The van der Waals surface area contributed by atoms with Crippen LogP contribution in [0.4, 0.5) is 15.9 Å². The van der Waals surface area contributed by atoms with Crippen LogP contribution in [0.15, 0.2) is 41.4 Å². The quantitative estimate of drug-likeness (QED) is 0.458. The van der Waals surface area contributed by atoms with E-state index in [1.54, 1.807) is 17.8 Å². The number of halogens is 1. The number of hydrogen-bond donors (Lipinski definition) is 3. The van der Waals surface area contributed by atoms with Gasteiger partial charge in [0.25, 0.3) is 5.91 Å². The van der Waals surface area contributed by atoms with Crippen LogP contribution in [0.1, 0.15) is 10.4 Å². The number of thioether (sulfide) groups is 1. The molecule has 0 fully saturated rings. The number of nitrogens with zero attached hydrogens (tertiary/aromatic N) is 1. The number of hydrazine groups is 1. The van der Waals surface area contributed by atoms with E-state index in [2.05, 4.69) is 15.7 Å². The molecule has 0 saturated heterocycles. The molecule has 0 unspecified atom stereocenters. The van der Waals surface area contributed by atoms with Gasteiger partial charge in [-0.2, -0.15) is 0 Å². The Morgan fingerprint density at radius 3 is 2.90 bits per heavy atom. The number of amides is 1. The predicted octanol–water partition coefficient (Wildman–Crippen LogP) is 2.48. The van der Waals surface area contributed by atoms with Gasteiger partial charge in [0.1, 0.15) is 0 Å². The smallest absolute Gasteiger partial charge is 0.258 e. The van der Waals surface area contributed by atoms with Crippen LogP contribution < -0.4 is 16.6 Å². The molecule has 0 aliphatic rings. The van der Waals surface area contributed by atoms with Crippen LogP contribution in [-0.2, 0) is 0 Å². The largest absolute Gasteiger partial charge is 0.322 e. The van der Waals surface area contributed by atoms with Crippen molar-refractivity contribution >= 4 is 29.2 Å². The summed E-state index contributed by atoms with van der Waals surface area (Å²) in [5, 5.41) is 2.64. The molecular formula is C13H13FN4OS. The molecule has 0 aliphatic heterocycles. The highest BCUT2D eigenvalue weighted by molar-refractivity contribution is 7.98. The summed E-state index contributed by atoms with van der Waals surface area (Å²) in [6.45, 7) is 0. The average molecular weight is 292 g/mol. The van der Waals surface area contributed by atoms with Crippen LogP contribution in [0.2, 0.25) is 0 Å². The number of nitrogen functional groups attached to an aromatic ring is 1. The van der Waals surface area contributed by atoms with E-state index in [0.29, 0.717) is 5.69 Å². The van der Waals surface area contributed by atoms with E-state index in [4.69, 9.17) is 5.84 Å². The summed E-state index contributed by atoms with van der Waals surface area (Å²) >= 11 is 1.55. The van der Waals surface area contributed by atoms with E-state index >= 15 is 0 Å². The number of hydrogen-bond acceptors (Lipinski definition) is 5. The Hall–Kier alpha value is -2.12. The van der Waals surface area contributed by atoms with Gasteiger partial charge in [-0.05, 0) is 30.5 Å². The van der Waals surface area contributed by atoms with Crippen molar-refractivity contribution in [2.45, 2.75) is 4.90 Å². The number of anilines is 2. The summed E-state index contributed by atoms with van der Waals surface area (Å²) in [6.07, 6.45) is 3.24. The molecule has 0 saturated carbocycles. The fourth-order valence-electron chi connectivity index (χ4n) is 1.62. The monoisotopic (exact) mass is 292 g/mol. The van der Waals surface area contributed by atoms with Crippen LogP contribution in [0.25, 0.3) is 0 Å². The molecule has 0 spiro atoms. The molecule has 0 atom stereocenters. The number of aromatic nitrogens is 1. The molecule has 1 aromatic carbocycles. The summed E-state index contributed by atoms with van der Waals surface area (Å²) in [5.74, 6) is 3.61. The standard InChI is InChI=1S/C13H13FN4OS/c1-20-9-4-2-3-8(7-9)17-13(19)10-5-6-16-12(18-15)11(10)14/h2-7H,15H2,1H3,(H,16,18)(H,17,19). The molecule has 4 N–H and O–H groups in total. The molecule has 0 aliphatic carbocycles. The highest BCUT2D eigenvalue weighted by Gasteiger charge is 2.15. The minimum atomic E-state index is -0.784. The molecule has 0 bridgehead atoms. The Kier molecular flexibility index (Phi) is 4.54. The number of carbonyl (C=O) groups excluding carboxylic acids is 1. The van der Waals surface area contributed by atoms with Crippen molar-refractivity contribution in [3.05, 3.63) is 47.9 Å². The first kappa shape index (κ1) is 14.3. The Balaban J connectivity index is 2.24. The van der Waals surface area contributed by atoms with Gasteiger partial charge in [-0.3, -0.25) is 4.79 Å². The van der Waals surface area contributed by atoms with Gasteiger partial charge < -0.3 is 10.7 Å². The lowest BCUT2D eigenvalue weighted by molar-refractivity contribution is 0.102. The lowest BCUT2D eigenvalue weighted by Gasteiger charge is -2.08. The Labute approximate surface area is 119 Å². The topological polar surface area (TPSA) is 80.0 Å². The van der Waals surface area contributed by atoms with E-state index in [0.717, 1.165) is 4.90 Å². The number of nitrogens with two attached hydrogens (primary N) is 1. The molecule has 2 rings (SSSR count). The zero-order valence-electron chi connectivity index (χ0n) is 10.7. The summed E-state index contributed by atoms with van der Waals surface area (Å²) in [6, 6.07) is 8.58. The molecule has 5 nitrogen and oxygen atoms in total. The van der Waals surface area contributed by atoms with Gasteiger partial charge in [0.2, 0.25) is 0 Å².